The van der Waals surface area contributed by atoms with Gasteiger partial charge >= 0.3 is 0 Å². The molecule has 0 unspecified atom stereocenters. The van der Waals surface area contributed by atoms with E-state index in [2.05, 4.69) is 34.2 Å². The van der Waals surface area contributed by atoms with Crippen LogP contribution in [0.2, 0.25) is 0 Å². The van der Waals surface area contributed by atoms with E-state index in [9.17, 15) is 0 Å². The second-order valence-corrected chi connectivity index (χ2v) is 4.25. The maximum Gasteiger partial charge on any atom is 0.138 e. The lowest BCUT2D eigenvalue weighted by atomic mass is 10.0. The summed E-state index contributed by atoms with van der Waals surface area (Å²) in [4.78, 5) is 7.46. The summed E-state index contributed by atoms with van der Waals surface area (Å²) in [6.45, 7) is 0. The number of aromatic nitrogens is 2. The van der Waals surface area contributed by atoms with Crippen molar-refractivity contribution < 1.29 is 0 Å². The first-order chi connectivity index (χ1) is 8.34. The average molecular weight is 238 g/mol. The highest BCUT2D eigenvalue weighted by molar-refractivity contribution is 7.71. The Morgan fingerprint density at radius 1 is 0.941 bits per heavy atom. The normalized spacial score (nSPS) is 10.6. The molecule has 0 saturated carbocycles. The second-order valence-electron chi connectivity index (χ2n) is 3.81. The van der Waals surface area contributed by atoms with Gasteiger partial charge in [0.1, 0.15) is 10.5 Å². The number of rotatable bonds is 1. The number of hydrogen-bond acceptors (Lipinski definition) is 2. The van der Waals surface area contributed by atoms with E-state index >= 15 is 0 Å². The largest absolute Gasteiger partial charge is 0.331 e. The molecule has 0 spiro atoms. The Kier molecular flexibility index (Phi) is 2.46. The van der Waals surface area contributed by atoms with Crippen LogP contribution < -0.4 is 0 Å². The van der Waals surface area contributed by atoms with E-state index in [1.54, 1.807) is 12.3 Å². The van der Waals surface area contributed by atoms with Crippen molar-refractivity contribution in [2.45, 2.75) is 0 Å². The molecule has 0 aliphatic heterocycles. The SMILES string of the molecule is S=c1ccnc(-c2cccc3ccccc23)[nH]1. The smallest absolute Gasteiger partial charge is 0.138 e. The zero-order valence-corrected chi connectivity index (χ0v) is 9.87. The monoisotopic (exact) mass is 238 g/mol. The topological polar surface area (TPSA) is 28.7 Å². The molecular weight excluding hydrogens is 228 g/mol. The van der Waals surface area contributed by atoms with E-state index in [1.165, 1.54) is 10.8 Å². The van der Waals surface area contributed by atoms with Crippen LogP contribution in [0.3, 0.4) is 0 Å². The summed E-state index contributed by atoms with van der Waals surface area (Å²) in [6, 6.07) is 16.2. The van der Waals surface area contributed by atoms with Crippen LogP contribution in [0.1, 0.15) is 0 Å². The minimum atomic E-state index is 0.697. The lowest BCUT2D eigenvalue weighted by molar-refractivity contribution is 1.16. The van der Waals surface area contributed by atoms with E-state index in [-0.39, 0.29) is 0 Å². The predicted octanol–water partition coefficient (Wildman–Crippen LogP) is 3.96. The van der Waals surface area contributed by atoms with Gasteiger partial charge < -0.3 is 4.98 Å². The Balaban J connectivity index is 2.34. The number of nitrogens with one attached hydrogen (secondary N) is 1. The molecule has 1 aromatic heterocycles. The van der Waals surface area contributed by atoms with Gasteiger partial charge in [0.25, 0.3) is 0 Å². The van der Waals surface area contributed by atoms with Gasteiger partial charge in [-0.1, -0.05) is 54.7 Å². The highest BCUT2D eigenvalue weighted by Crippen LogP contribution is 2.25. The van der Waals surface area contributed by atoms with Crippen LogP contribution in [0.4, 0.5) is 0 Å². The minimum Gasteiger partial charge on any atom is -0.331 e. The van der Waals surface area contributed by atoms with Crippen LogP contribution >= 0.6 is 12.2 Å². The van der Waals surface area contributed by atoms with Gasteiger partial charge in [-0.15, -0.1) is 0 Å². The number of aromatic amines is 1. The van der Waals surface area contributed by atoms with Gasteiger partial charge in [0.05, 0.1) is 0 Å². The molecule has 1 N–H and O–H groups in total. The molecule has 0 saturated heterocycles. The van der Waals surface area contributed by atoms with Crippen molar-refractivity contribution in [1.82, 2.24) is 9.97 Å². The molecule has 0 amide bonds. The predicted molar refractivity (Wildman–Crippen MR) is 72.4 cm³/mol. The molecule has 3 rings (SSSR count). The highest BCUT2D eigenvalue weighted by atomic mass is 32.1. The molecule has 0 bridgehead atoms. The molecule has 0 radical (unpaired) electrons. The molecule has 3 aromatic rings. The van der Waals surface area contributed by atoms with Crippen molar-refractivity contribution in [2.75, 3.05) is 0 Å². The Bertz CT molecular complexity index is 726. The zero-order chi connectivity index (χ0) is 11.7. The van der Waals surface area contributed by atoms with Crippen molar-refractivity contribution in [1.29, 1.82) is 0 Å². The van der Waals surface area contributed by atoms with Gasteiger partial charge in [-0.25, -0.2) is 4.98 Å². The Morgan fingerprint density at radius 3 is 2.65 bits per heavy atom. The number of hydrogen-bond donors (Lipinski definition) is 1. The van der Waals surface area contributed by atoms with Gasteiger partial charge in [0.2, 0.25) is 0 Å². The third-order valence-electron chi connectivity index (χ3n) is 2.72. The van der Waals surface area contributed by atoms with Crippen LogP contribution in [0.15, 0.2) is 54.7 Å². The minimum absolute atomic E-state index is 0.697. The summed E-state index contributed by atoms with van der Waals surface area (Å²) in [5, 5.41) is 2.38. The molecule has 2 nitrogen and oxygen atoms in total. The standard InChI is InChI=1S/C14H10N2S/c17-13-8-9-15-14(16-13)12-7-3-5-10-4-1-2-6-11(10)12/h1-9H,(H,15,16,17). The van der Waals surface area contributed by atoms with Crippen molar-refractivity contribution in [3.8, 4) is 11.4 Å². The molecule has 0 aliphatic carbocycles. The van der Waals surface area contributed by atoms with E-state index in [1.807, 2.05) is 18.2 Å². The molecule has 0 aliphatic rings. The quantitative estimate of drug-likeness (QED) is 0.650. The first-order valence-corrected chi connectivity index (χ1v) is 5.79. The van der Waals surface area contributed by atoms with Gasteiger partial charge in [0.15, 0.2) is 0 Å². The lowest BCUT2D eigenvalue weighted by Gasteiger charge is -2.05. The molecule has 0 fully saturated rings. The Labute approximate surface area is 104 Å². The summed E-state index contributed by atoms with van der Waals surface area (Å²) in [5.74, 6) is 0.814. The summed E-state index contributed by atoms with van der Waals surface area (Å²) >= 11 is 5.13. The summed E-state index contributed by atoms with van der Waals surface area (Å²) < 4.78 is 0.697. The maximum absolute atomic E-state index is 5.13. The van der Waals surface area contributed by atoms with E-state index in [0.29, 0.717) is 4.64 Å². The maximum atomic E-state index is 5.13. The molecule has 1 heterocycles. The van der Waals surface area contributed by atoms with Gasteiger partial charge in [-0.05, 0) is 16.8 Å². The lowest BCUT2D eigenvalue weighted by Crippen LogP contribution is -1.89. The van der Waals surface area contributed by atoms with E-state index in [4.69, 9.17) is 12.2 Å². The molecule has 17 heavy (non-hydrogen) atoms. The molecule has 2 aromatic carbocycles. The van der Waals surface area contributed by atoms with Crippen molar-refractivity contribution in [3.05, 3.63) is 59.4 Å². The zero-order valence-electron chi connectivity index (χ0n) is 9.05. The average Bonchev–Trinajstić information content (AvgIpc) is 2.38. The van der Waals surface area contributed by atoms with Gasteiger partial charge in [0, 0.05) is 11.8 Å². The second kappa shape index (κ2) is 4.11. The third-order valence-corrected chi connectivity index (χ3v) is 2.95. The summed E-state index contributed by atoms with van der Waals surface area (Å²) in [7, 11) is 0. The molecule has 0 atom stereocenters. The fourth-order valence-electron chi connectivity index (χ4n) is 1.94. The molecule has 82 valence electrons. The molecular formula is C14H10N2S. The van der Waals surface area contributed by atoms with Crippen LogP contribution in [0, 0.1) is 4.64 Å². The summed E-state index contributed by atoms with van der Waals surface area (Å²) in [6.07, 6.45) is 1.73. The molecule has 3 heteroatoms. The van der Waals surface area contributed by atoms with Crippen LogP contribution in [-0.2, 0) is 0 Å². The van der Waals surface area contributed by atoms with E-state index in [0.717, 1.165) is 11.4 Å². The number of benzene rings is 2. The Morgan fingerprint density at radius 2 is 1.76 bits per heavy atom. The van der Waals surface area contributed by atoms with Crippen molar-refractivity contribution in [3.63, 3.8) is 0 Å². The van der Waals surface area contributed by atoms with E-state index < -0.39 is 0 Å². The Hall–Kier alpha value is -2.00. The fraction of sp³-hybridized carbons (Fsp3) is 0. The third kappa shape index (κ3) is 1.85. The number of H-pyrrole nitrogens is 1. The number of nitrogens with zero attached hydrogens (tertiary/aromatic N) is 1. The number of fused-ring (bicyclic) bond motifs is 1. The highest BCUT2D eigenvalue weighted by Gasteiger charge is 2.03. The first kappa shape index (κ1) is 10.2. The van der Waals surface area contributed by atoms with Crippen molar-refractivity contribution in [2.24, 2.45) is 0 Å². The van der Waals surface area contributed by atoms with Crippen molar-refractivity contribution >= 4 is 23.0 Å². The van der Waals surface area contributed by atoms with Crippen LogP contribution in [0.25, 0.3) is 22.2 Å². The van der Waals surface area contributed by atoms with Crippen LogP contribution in [-0.4, -0.2) is 9.97 Å². The summed E-state index contributed by atoms with van der Waals surface area (Å²) in [5.41, 5.74) is 1.08. The first-order valence-electron chi connectivity index (χ1n) is 5.38. The van der Waals surface area contributed by atoms with Gasteiger partial charge in [-0.2, -0.15) is 0 Å². The van der Waals surface area contributed by atoms with Crippen LogP contribution in [0.5, 0.6) is 0 Å². The fourth-order valence-corrected chi connectivity index (χ4v) is 2.10. The van der Waals surface area contributed by atoms with Gasteiger partial charge in [-0.3, -0.25) is 0 Å².